The lowest BCUT2D eigenvalue weighted by Crippen LogP contribution is -1.98. The van der Waals surface area contributed by atoms with Gasteiger partial charge in [0.15, 0.2) is 0 Å². The molecule has 4 heteroatoms. The summed E-state index contributed by atoms with van der Waals surface area (Å²) in [5.74, 6) is 1.25. The van der Waals surface area contributed by atoms with Gasteiger partial charge in [0, 0.05) is 11.5 Å². The number of rotatable bonds is 4. The summed E-state index contributed by atoms with van der Waals surface area (Å²) in [6, 6.07) is 6.94. The molecule has 0 unspecified atom stereocenters. The van der Waals surface area contributed by atoms with Crippen molar-refractivity contribution in [1.82, 2.24) is 4.98 Å². The molecule has 0 radical (unpaired) electrons. The van der Waals surface area contributed by atoms with Gasteiger partial charge in [0.1, 0.15) is 17.0 Å². The van der Waals surface area contributed by atoms with Crippen molar-refractivity contribution >= 4 is 10.9 Å². The molecule has 90 valence electrons. The molecule has 0 bridgehead atoms. The number of hydrogen-bond acceptors (Lipinski definition) is 4. The van der Waals surface area contributed by atoms with E-state index >= 15 is 0 Å². The highest BCUT2D eigenvalue weighted by Crippen LogP contribution is 2.32. The highest BCUT2D eigenvalue weighted by atomic mass is 16.5. The first-order chi connectivity index (χ1) is 8.26. The molecule has 0 aliphatic carbocycles. The van der Waals surface area contributed by atoms with Gasteiger partial charge >= 0.3 is 0 Å². The summed E-state index contributed by atoms with van der Waals surface area (Å²) in [5.41, 5.74) is 0.498. The van der Waals surface area contributed by atoms with Crippen LogP contribution in [0.15, 0.2) is 24.3 Å². The molecule has 0 aliphatic heterocycles. The number of nitrogens with zero attached hydrogens (tertiary/aromatic N) is 1. The zero-order valence-electron chi connectivity index (χ0n) is 9.93. The van der Waals surface area contributed by atoms with E-state index in [-0.39, 0.29) is 5.75 Å². The number of ether oxygens (including phenoxy) is 2. The van der Waals surface area contributed by atoms with Gasteiger partial charge in [-0.15, -0.1) is 0 Å². The summed E-state index contributed by atoms with van der Waals surface area (Å²) < 4.78 is 10.7. The van der Waals surface area contributed by atoms with Crippen LogP contribution in [0.1, 0.15) is 13.3 Å². The van der Waals surface area contributed by atoms with E-state index in [2.05, 4.69) is 4.98 Å². The van der Waals surface area contributed by atoms with E-state index in [0.717, 1.165) is 11.8 Å². The number of pyridine rings is 1. The zero-order valence-corrected chi connectivity index (χ0v) is 9.93. The third-order valence-electron chi connectivity index (χ3n) is 2.43. The third kappa shape index (κ3) is 2.25. The first-order valence-corrected chi connectivity index (χ1v) is 5.55. The number of aromatic hydroxyl groups is 1. The summed E-state index contributed by atoms with van der Waals surface area (Å²) in [7, 11) is 1.59. The van der Waals surface area contributed by atoms with Gasteiger partial charge in [-0.3, -0.25) is 0 Å². The first kappa shape index (κ1) is 11.5. The maximum Gasteiger partial charge on any atom is 0.217 e. The Labute approximate surface area is 99.8 Å². The molecule has 1 aromatic carbocycles. The Bertz CT molecular complexity index is 525. The summed E-state index contributed by atoms with van der Waals surface area (Å²) >= 11 is 0. The summed E-state index contributed by atoms with van der Waals surface area (Å²) in [6.45, 7) is 2.62. The Morgan fingerprint density at radius 2 is 2.18 bits per heavy atom. The average molecular weight is 233 g/mol. The Kier molecular flexibility index (Phi) is 3.32. The van der Waals surface area contributed by atoms with E-state index in [1.165, 1.54) is 0 Å². The predicted molar refractivity (Wildman–Crippen MR) is 65.7 cm³/mol. The fraction of sp³-hybridized carbons (Fsp3) is 0.308. The molecule has 0 aliphatic rings. The van der Waals surface area contributed by atoms with Crippen molar-refractivity contribution in [2.45, 2.75) is 13.3 Å². The van der Waals surface area contributed by atoms with Gasteiger partial charge in [-0.2, -0.15) is 0 Å². The van der Waals surface area contributed by atoms with E-state index in [9.17, 15) is 5.11 Å². The molecule has 1 N–H and O–H groups in total. The van der Waals surface area contributed by atoms with Gasteiger partial charge < -0.3 is 14.6 Å². The van der Waals surface area contributed by atoms with Crippen LogP contribution in [0.25, 0.3) is 10.9 Å². The van der Waals surface area contributed by atoms with Crippen LogP contribution in [0.3, 0.4) is 0 Å². The molecular formula is C13H15NO3. The third-order valence-corrected chi connectivity index (χ3v) is 2.43. The van der Waals surface area contributed by atoms with Crippen molar-refractivity contribution in [3.8, 4) is 17.4 Å². The average Bonchev–Trinajstić information content (AvgIpc) is 2.36. The number of phenols is 1. The molecule has 0 saturated carbocycles. The van der Waals surface area contributed by atoms with Crippen LogP contribution in [-0.4, -0.2) is 23.8 Å². The lowest BCUT2D eigenvalue weighted by Gasteiger charge is -2.10. The second kappa shape index (κ2) is 4.91. The SMILES string of the molecule is CCCOc1cc(OC)c2cccc(O)c2n1. The fourth-order valence-corrected chi connectivity index (χ4v) is 1.63. The predicted octanol–water partition coefficient (Wildman–Crippen LogP) is 2.74. The van der Waals surface area contributed by atoms with Crippen molar-refractivity contribution in [2.75, 3.05) is 13.7 Å². The topological polar surface area (TPSA) is 51.6 Å². The van der Waals surface area contributed by atoms with E-state index in [1.807, 2.05) is 13.0 Å². The lowest BCUT2D eigenvalue weighted by molar-refractivity contribution is 0.303. The Morgan fingerprint density at radius 1 is 1.35 bits per heavy atom. The van der Waals surface area contributed by atoms with E-state index in [0.29, 0.717) is 23.8 Å². The van der Waals surface area contributed by atoms with Crippen LogP contribution in [0, 0.1) is 0 Å². The lowest BCUT2D eigenvalue weighted by atomic mass is 10.2. The van der Waals surface area contributed by atoms with E-state index in [1.54, 1.807) is 25.3 Å². The van der Waals surface area contributed by atoms with Crippen LogP contribution in [0.2, 0.25) is 0 Å². The molecule has 0 amide bonds. The second-order valence-corrected chi connectivity index (χ2v) is 3.68. The van der Waals surface area contributed by atoms with Crippen LogP contribution < -0.4 is 9.47 Å². The summed E-state index contributed by atoms with van der Waals surface area (Å²) in [4.78, 5) is 4.27. The first-order valence-electron chi connectivity index (χ1n) is 5.55. The fourth-order valence-electron chi connectivity index (χ4n) is 1.63. The van der Waals surface area contributed by atoms with Gasteiger partial charge in [-0.1, -0.05) is 13.0 Å². The molecule has 2 rings (SSSR count). The van der Waals surface area contributed by atoms with Crippen molar-refractivity contribution in [1.29, 1.82) is 0 Å². The van der Waals surface area contributed by atoms with Gasteiger partial charge in [-0.25, -0.2) is 4.98 Å². The molecule has 4 nitrogen and oxygen atoms in total. The molecule has 2 aromatic rings. The minimum Gasteiger partial charge on any atom is -0.506 e. The smallest absolute Gasteiger partial charge is 0.217 e. The maximum atomic E-state index is 9.77. The molecule has 1 heterocycles. The number of hydrogen-bond donors (Lipinski definition) is 1. The molecule has 17 heavy (non-hydrogen) atoms. The van der Waals surface area contributed by atoms with Gasteiger partial charge in [0.2, 0.25) is 5.88 Å². The monoisotopic (exact) mass is 233 g/mol. The minimum atomic E-state index is 0.128. The Morgan fingerprint density at radius 3 is 2.88 bits per heavy atom. The van der Waals surface area contributed by atoms with Gasteiger partial charge in [0.25, 0.3) is 0 Å². The van der Waals surface area contributed by atoms with Crippen molar-refractivity contribution in [2.24, 2.45) is 0 Å². The number of methoxy groups -OCH3 is 1. The van der Waals surface area contributed by atoms with Crippen LogP contribution in [0.4, 0.5) is 0 Å². The van der Waals surface area contributed by atoms with Crippen molar-refractivity contribution in [3.63, 3.8) is 0 Å². The molecule has 0 saturated heterocycles. The quantitative estimate of drug-likeness (QED) is 0.882. The Balaban J connectivity index is 2.55. The largest absolute Gasteiger partial charge is 0.506 e. The van der Waals surface area contributed by atoms with E-state index in [4.69, 9.17) is 9.47 Å². The zero-order chi connectivity index (χ0) is 12.3. The Hall–Kier alpha value is -1.97. The van der Waals surface area contributed by atoms with E-state index < -0.39 is 0 Å². The van der Waals surface area contributed by atoms with Crippen LogP contribution in [-0.2, 0) is 0 Å². The molecule has 1 aromatic heterocycles. The maximum absolute atomic E-state index is 9.77. The number of aromatic nitrogens is 1. The minimum absolute atomic E-state index is 0.128. The number of fused-ring (bicyclic) bond motifs is 1. The highest BCUT2D eigenvalue weighted by molar-refractivity contribution is 5.90. The van der Waals surface area contributed by atoms with Crippen molar-refractivity contribution < 1.29 is 14.6 Å². The summed E-state index contributed by atoms with van der Waals surface area (Å²) in [5, 5.41) is 10.5. The molecule has 0 atom stereocenters. The summed E-state index contributed by atoms with van der Waals surface area (Å²) in [6.07, 6.45) is 0.906. The molecular weight excluding hydrogens is 218 g/mol. The number of benzene rings is 1. The van der Waals surface area contributed by atoms with Crippen LogP contribution in [0.5, 0.6) is 17.4 Å². The normalized spacial score (nSPS) is 10.5. The molecule has 0 spiro atoms. The second-order valence-electron chi connectivity index (χ2n) is 3.68. The standard InChI is InChI=1S/C13H15NO3/c1-3-7-17-12-8-11(16-2)9-5-4-6-10(15)13(9)14-12/h4-6,8,15H,3,7H2,1-2H3. The van der Waals surface area contributed by atoms with Crippen LogP contribution >= 0.6 is 0 Å². The number of para-hydroxylation sites is 1. The van der Waals surface area contributed by atoms with Gasteiger partial charge in [0.05, 0.1) is 13.7 Å². The molecule has 0 fully saturated rings. The number of phenolic OH excluding ortho intramolecular Hbond substituents is 1. The van der Waals surface area contributed by atoms with Gasteiger partial charge in [-0.05, 0) is 18.6 Å². The highest BCUT2D eigenvalue weighted by Gasteiger charge is 2.09. The van der Waals surface area contributed by atoms with Crippen molar-refractivity contribution in [3.05, 3.63) is 24.3 Å².